The lowest BCUT2D eigenvalue weighted by Gasteiger charge is -2.36. The molecule has 0 bridgehead atoms. The Balaban J connectivity index is 2.01. The van der Waals surface area contributed by atoms with Crippen molar-refractivity contribution in [1.82, 2.24) is 15.0 Å². The number of hydrogen-bond acceptors (Lipinski definition) is 5. The number of nitrogens with one attached hydrogen (secondary N) is 1. The predicted octanol–water partition coefficient (Wildman–Crippen LogP) is 4.41. The van der Waals surface area contributed by atoms with E-state index in [0.717, 1.165) is 5.56 Å². The smallest absolute Gasteiger partial charge is 0.241 e. The van der Waals surface area contributed by atoms with Crippen LogP contribution >= 0.6 is 0 Å². The third-order valence-corrected chi connectivity index (χ3v) is 11.6. The molecule has 7 nitrogen and oxygen atoms in total. The van der Waals surface area contributed by atoms with Gasteiger partial charge in [0.05, 0.1) is 29.3 Å². The molecule has 0 aliphatic carbocycles. The van der Waals surface area contributed by atoms with Crippen molar-refractivity contribution >= 4 is 37.0 Å². The second-order valence-corrected chi connectivity index (χ2v) is 15.3. The number of anilines is 1. The highest BCUT2D eigenvalue weighted by molar-refractivity contribution is 6.74. The largest absolute Gasteiger partial charge is 0.412 e. The Morgan fingerprint density at radius 1 is 1.07 bits per heavy atom. The minimum absolute atomic E-state index is 0.0939. The van der Waals surface area contributed by atoms with E-state index < -0.39 is 19.1 Å². The maximum Gasteiger partial charge on any atom is 0.241 e. The van der Waals surface area contributed by atoms with Gasteiger partial charge >= 0.3 is 0 Å². The first-order valence-electron chi connectivity index (χ1n) is 9.97. The molecule has 3 heterocycles. The van der Waals surface area contributed by atoms with Crippen molar-refractivity contribution < 1.29 is 14.0 Å². The van der Waals surface area contributed by atoms with Gasteiger partial charge in [0.25, 0.3) is 0 Å². The zero-order chi connectivity index (χ0) is 22.0. The number of carbonyl (C=O) groups excluding carboxylic acids is 2. The van der Waals surface area contributed by atoms with Crippen molar-refractivity contribution in [2.75, 3.05) is 4.90 Å². The fourth-order valence-corrected chi connectivity index (χ4v) is 4.05. The summed E-state index contributed by atoms with van der Waals surface area (Å²) < 4.78 is 6.33. The maximum absolute atomic E-state index is 13.1. The first-order valence-corrected chi connectivity index (χ1v) is 12.9. The highest BCUT2D eigenvalue weighted by Crippen LogP contribution is 2.49. The van der Waals surface area contributed by atoms with Gasteiger partial charge in [-0.05, 0) is 45.8 Å². The number of nitrogens with zero attached hydrogens (tertiary/aromatic N) is 3. The molecule has 0 atom stereocenters. The third-order valence-electron chi connectivity index (χ3n) is 7.15. The lowest BCUT2D eigenvalue weighted by atomic mass is 9.70. The Labute approximate surface area is 173 Å². The van der Waals surface area contributed by atoms with Crippen LogP contribution in [0.5, 0.6) is 0 Å². The molecule has 3 rings (SSSR count). The topological polar surface area (TPSA) is 88.2 Å². The molecule has 1 fully saturated rings. The SMILES string of the molecule is CC1(C)C(=O)N(c2ncc(CO[Si](C)(C)C(C)(C)C)c3nc[nH]c23)C(=O)C1(C)C. The zero-order valence-corrected chi connectivity index (χ0v) is 19.9. The summed E-state index contributed by atoms with van der Waals surface area (Å²) in [5, 5.41) is 0.0939. The first kappa shape index (κ1) is 21.6. The minimum atomic E-state index is -1.94. The minimum Gasteiger partial charge on any atom is -0.412 e. The van der Waals surface area contributed by atoms with Crippen molar-refractivity contribution in [3.63, 3.8) is 0 Å². The summed E-state index contributed by atoms with van der Waals surface area (Å²) in [6.45, 7) is 18.6. The molecule has 8 heteroatoms. The van der Waals surface area contributed by atoms with Crippen molar-refractivity contribution in [3.8, 4) is 0 Å². The summed E-state index contributed by atoms with van der Waals surface area (Å²) in [6, 6.07) is 0. The zero-order valence-electron chi connectivity index (χ0n) is 18.9. The summed E-state index contributed by atoms with van der Waals surface area (Å²) in [6.07, 6.45) is 3.23. The van der Waals surface area contributed by atoms with Gasteiger partial charge in [-0.2, -0.15) is 0 Å². The summed E-state index contributed by atoms with van der Waals surface area (Å²) in [5.74, 6) is -0.190. The standard InChI is InChI=1S/C21H32N4O3Si/c1-19(2,3)29(8,9)28-11-13-10-22-16(15-14(13)23-12-24-15)25-17(26)20(4,5)21(6,7)18(25)27/h10,12H,11H2,1-9H3,(H,23,24). The monoisotopic (exact) mass is 416 g/mol. The number of carbonyl (C=O) groups is 2. The number of H-pyrrole nitrogens is 1. The average molecular weight is 417 g/mol. The normalized spacial score (nSPS) is 19.4. The van der Waals surface area contributed by atoms with Gasteiger partial charge < -0.3 is 9.41 Å². The molecule has 2 aromatic heterocycles. The van der Waals surface area contributed by atoms with Gasteiger partial charge in [-0.25, -0.2) is 14.9 Å². The molecular weight excluding hydrogens is 384 g/mol. The predicted molar refractivity (Wildman–Crippen MR) is 116 cm³/mol. The highest BCUT2D eigenvalue weighted by atomic mass is 28.4. The lowest BCUT2D eigenvalue weighted by molar-refractivity contribution is -0.129. The van der Waals surface area contributed by atoms with Crippen molar-refractivity contribution in [2.24, 2.45) is 10.8 Å². The van der Waals surface area contributed by atoms with Gasteiger partial charge in [0.15, 0.2) is 14.1 Å². The second kappa shape index (κ2) is 6.47. The molecule has 0 spiro atoms. The van der Waals surface area contributed by atoms with Crippen LogP contribution in [0.2, 0.25) is 18.1 Å². The van der Waals surface area contributed by atoms with E-state index in [1.165, 1.54) is 4.90 Å². The van der Waals surface area contributed by atoms with Crippen molar-refractivity contribution in [3.05, 3.63) is 18.1 Å². The summed E-state index contributed by atoms with van der Waals surface area (Å²) in [7, 11) is -1.94. The number of aromatic amines is 1. The van der Waals surface area contributed by atoms with Crippen LogP contribution in [0, 0.1) is 10.8 Å². The van der Waals surface area contributed by atoms with E-state index in [1.807, 2.05) is 0 Å². The third kappa shape index (κ3) is 3.13. The lowest BCUT2D eigenvalue weighted by Crippen LogP contribution is -2.40. The van der Waals surface area contributed by atoms with Crippen LogP contribution in [-0.2, 0) is 20.6 Å². The molecule has 29 heavy (non-hydrogen) atoms. The van der Waals surface area contributed by atoms with Gasteiger partial charge in [0, 0.05) is 11.8 Å². The quantitative estimate of drug-likeness (QED) is 0.589. The summed E-state index contributed by atoms with van der Waals surface area (Å²) in [4.78, 5) is 39.4. The van der Waals surface area contributed by atoms with E-state index >= 15 is 0 Å². The van der Waals surface area contributed by atoms with Crippen LogP contribution in [0.4, 0.5) is 5.82 Å². The van der Waals surface area contributed by atoms with Crippen LogP contribution in [0.15, 0.2) is 12.5 Å². The Kier molecular flexibility index (Phi) is 4.83. The van der Waals surface area contributed by atoms with E-state index in [1.54, 1.807) is 40.2 Å². The fraction of sp³-hybridized carbons (Fsp3) is 0.619. The van der Waals surface area contributed by atoms with E-state index in [0.29, 0.717) is 23.5 Å². The number of imide groups is 1. The molecular formula is C21H32N4O3Si. The van der Waals surface area contributed by atoms with E-state index in [4.69, 9.17) is 4.43 Å². The average Bonchev–Trinajstić information content (AvgIpc) is 3.12. The number of rotatable bonds is 4. The Bertz CT molecular complexity index is 959. The molecule has 1 N–H and O–H groups in total. The molecule has 1 aliphatic heterocycles. The van der Waals surface area contributed by atoms with Crippen LogP contribution in [0.25, 0.3) is 11.0 Å². The molecule has 2 amide bonds. The van der Waals surface area contributed by atoms with E-state index in [-0.39, 0.29) is 16.9 Å². The Morgan fingerprint density at radius 2 is 1.62 bits per heavy atom. The molecule has 1 aliphatic rings. The molecule has 158 valence electrons. The summed E-state index contributed by atoms with van der Waals surface area (Å²) >= 11 is 0. The van der Waals surface area contributed by atoms with Crippen LogP contribution in [-0.4, -0.2) is 35.1 Å². The first-order chi connectivity index (χ1) is 13.1. The van der Waals surface area contributed by atoms with Gasteiger partial charge in [0.2, 0.25) is 11.8 Å². The van der Waals surface area contributed by atoms with Crippen molar-refractivity contribution in [2.45, 2.75) is 73.2 Å². The number of aromatic nitrogens is 3. The van der Waals surface area contributed by atoms with E-state index in [2.05, 4.69) is 48.8 Å². The number of hydrogen-bond donors (Lipinski definition) is 1. The number of pyridine rings is 1. The molecule has 0 unspecified atom stereocenters. The Hall–Kier alpha value is -2.06. The molecule has 1 saturated heterocycles. The van der Waals surface area contributed by atoms with Gasteiger partial charge in [-0.1, -0.05) is 20.8 Å². The van der Waals surface area contributed by atoms with E-state index in [9.17, 15) is 9.59 Å². The second-order valence-electron chi connectivity index (χ2n) is 10.5. The molecule has 0 saturated carbocycles. The van der Waals surface area contributed by atoms with Crippen LogP contribution < -0.4 is 4.90 Å². The van der Waals surface area contributed by atoms with Gasteiger partial charge in [-0.3, -0.25) is 9.59 Å². The van der Waals surface area contributed by atoms with Gasteiger partial charge in [0.1, 0.15) is 5.52 Å². The molecule has 0 aromatic carbocycles. The van der Waals surface area contributed by atoms with Crippen molar-refractivity contribution in [1.29, 1.82) is 0 Å². The fourth-order valence-electron chi connectivity index (χ4n) is 3.10. The van der Waals surface area contributed by atoms with Gasteiger partial charge in [-0.15, -0.1) is 0 Å². The highest BCUT2D eigenvalue weighted by Gasteiger charge is 2.60. The molecule has 0 radical (unpaired) electrons. The number of imidazole rings is 1. The Morgan fingerprint density at radius 3 is 2.14 bits per heavy atom. The van der Waals surface area contributed by atoms with Crippen LogP contribution in [0.3, 0.4) is 0 Å². The number of fused-ring (bicyclic) bond motifs is 1. The maximum atomic E-state index is 13.1. The molecule has 2 aromatic rings. The summed E-state index contributed by atoms with van der Waals surface area (Å²) in [5.41, 5.74) is 0.463. The van der Waals surface area contributed by atoms with Crippen LogP contribution in [0.1, 0.15) is 54.0 Å². The number of amides is 2.